The number of aliphatic hydroxyl groups excluding tert-OH is 1. The first-order valence-corrected chi connectivity index (χ1v) is 8.31. The highest BCUT2D eigenvalue weighted by molar-refractivity contribution is 7.99. The van der Waals surface area contributed by atoms with Crippen LogP contribution in [0.3, 0.4) is 0 Å². The molecule has 1 saturated carbocycles. The molecular formula is C15H20N4O2S. The van der Waals surface area contributed by atoms with E-state index in [0.717, 1.165) is 29.4 Å². The van der Waals surface area contributed by atoms with Crippen LogP contribution < -0.4 is 10.5 Å². The Labute approximate surface area is 133 Å². The van der Waals surface area contributed by atoms with Gasteiger partial charge in [0, 0.05) is 11.8 Å². The molecule has 0 spiro atoms. The molecule has 1 aliphatic carbocycles. The molecule has 1 aromatic heterocycles. The van der Waals surface area contributed by atoms with Gasteiger partial charge in [-0.15, -0.1) is 10.2 Å². The second-order valence-corrected chi connectivity index (χ2v) is 6.34. The van der Waals surface area contributed by atoms with Crippen molar-refractivity contribution in [1.82, 2.24) is 14.8 Å². The van der Waals surface area contributed by atoms with Crippen molar-refractivity contribution in [3.05, 3.63) is 30.1 Å². The van der Waals surface area contributed by atoms with E-state index in [1.54, 1.807) is 7.11 Å². The van der Waals surface area contributed by atoms with Crippen LogP contribution >= 0.6 is 11.8 Å². The van der Waals surface area contributed by atoms with Crippen LogP contribution in [0, 0.1) is 5.92 Å². The molecule has 0 aliphatic heterocycles. The quantitative estimate of drug-likeness (QED) is 0.754. The molecule has 118 valence electrons. The maximum atomic E-state index is 10.0. The van der Waals surface area contributed by atoms with Gasteiger partial charge in [-0.2, -0.15) is 0 Å². The van der Waals surface area contributed by atoms with Crippen LogP contribution in [-0.2, 0) is 6.54 Å². The topological polar surface area (TPSA) is 86.2 Å². The van der Waals surface area contributed by atoms with Crippen LogP contribution in [0.5, 0.6) is 5.75 Å². The summed E-state index contributed by atoms with van der Waals surface area (Å²) in [5, 5.41) is 19.1. The molecule has 6 nitrogen and oxygen atoms in total. The number of hydrogen-bond donors (Lipinski definition) is 2. The summed E-state index contributed by atoms with van der Waals surface area (Å²) in [4.78, 5) is 0. The molecule has 3 N–H and O–H groups in total. The molecular weight excluding hydrogens is 300 g/mol. The fraction of sp³-hybridized carbons (Fsp3) is 0.467. The van der Waals surface area contributed by atoms with Crippen LogP contribution in [-0.4, -0.2) is 38.8 Å². The normalized spacial score (nSPS) is 15.8. The number of hydrogen-bond acceptors (Lipinski definition) is 6. The molecule has 0 bridgehead atoms. The molecule has 1 heterocycles. The molecule has 3 rings (SSSR count). The zero-order valence-electron chi connectivity index (χ0n) is 12.5. The average molecular weight is 320 g/mol. The lowest BCUT2D eigenvalue weighted by molar-refractivity contribution is 0.176. The van der Waals surface area contributed by atoms with Gasteiger partial charge < -0.3 is 15.6 Å². The monoisotopic (exact) mass is 320 g/mol. The van der Waals surface area contributed by atoms with Gasteiger partial charge in [-0.3, -0.25) is 4.57 Å². The third-order valence-electron chi connectivity index (χ3n) is 3.74. The number of rotatable bonds is 7. The fourth-order valence-corrected chi connectivity index (χ4v) is 3.34. The van der Waals surface area contributed by atoms with Crippen molar-refractivity contribution in [2.45, 2.75) is 30.6 Å². The number of methoxy groups -OCH3 is 1. The molecule has 1 atom stereocenters. The third kappa shape index (κ3) is 3.26. The number of thioether (sulfide) groups is 1. The molecule has 0 amide bonds. The minimum atomic E-state index is -0.276. The van der Waals surface area contributed by atoms with Crippen LogP contribution in [0.4, 0.5) is 0 Å². The van der Waals surface area contributed by atoms with Gasteiger partial charge >= 0.3 is 0 Å². The Kier molecular flexibility index (Phi) is 4.66. The highest BCUT2D eigenvalue weighted by atomic mass is 32.2. The number of nitrogens with two attached hydrogens (primary N) is 1. The standard InChI is InChI=1S/C15H20N4O2S/c1-21-12-4-2-3-11(7-12)19-14(8-16)17-18-15(19)22-9-13(20)10-5-6-10/h2-4,7,10,13,20H,5-6,8-9,16H2,1H3. The van der Waals surface area contributed by atoms with E-state index in [4.69, 9.17) is 10.5 Å². The van der Waals surface area contributed by atoms with Crippen molar-refractivity contribution < 1.29 is 9.84 Å². The van der Waals surface area contributed by atoms with E-state index in [1.807, 2.05) is 28.8 Å². The fourth-order valence-electron chi connectivity index (χ4n) is 2.31. The number of aromatic nitrogens is 3. The Morgan fingerprint density at radius 2 is 2.27 bits per heavy atom. The van der Waals surface area contributed by atoms with E-state index in [-0.39, 0.29) is 6.10 Å². The zero-order valence-corrected chi connectivity index (χ0v) is 13.3. The van der Waals surface area contributed by atoms with E-state index < -0.39 is 0 Å². The van der Waals surface area contributed by atoms with Gasteiger partial charge in [0.05, 0.1) is 25.4 Å². The SMILES string of the molecule is COc1cccc(-n2c(CN)nnc2SCC(O)C2CC2)c1. The van der Waals surface area contributed by atoms with Crippen LogP contribution in [0.2, 0.25) is 0 Å². The Morgan fingerprint density at radius 1 is 1.45 bits per heavy atom. The Morgan fingerprint density at radius 3 is 2.95 bits per heavy atom. The van der Waals surface area contributed by atoms with Gasteiger partial charge in [0.2, 0.25) is 0 Å². The Hall–Kier alpha value is -1.57. The second kappa shape index (κ2) is 6.68. The largest absolute Gasteiger partial charge is 0.497 e. The molecule has 7 heteroatoms. The van der Waals surface area contributed by atoms with Gasteiger partial charge in [-0.1, -0.05) is 17.8 Å². The van der Waals surface area contributed by atoms with Crippen molar-refractivity contribution in [2.75, 3.05) is 12.9 Å². The molecule has 0 saturated heterocycles. The molecule has 1 aliphatic rings. The molecule has 0 radical (unpaired) electrons. The molecule has 1 aromatic carbocycles. The number of benzene rings is 1. The summed E-state index contributed by atoms with van der Waals surface area (Å²) in [7, 11) is 1.64. The molecule has 1 unspecified atom stereocenters. The summed E-state index contributed by atoms with van der Waals surface area (Å²) in [5.41, 5.74) is 6.68. The molecule has 1 fully saturated rings. The summed E-state index contributed by atoms with van der Waals surface area (Å²) >= 11 is 1.51. The summed E-state index contributed by atoms with van der Waals surface area (Å²) in [6.45, 7) is 0.302. The van der Waals surface area contributed by atoms with Crippen molar-refractivity contribution in [3.63, 3.8) is 0 Å². The lowest BCUT2D eigenvalue weighted by atomic mass is 10.3. The van der Waals surface area contributed by atoms with Crippen LogP contribution in [0.1, 0.15) is 18.7 Å². The van der Waals surface area contributed by atoms with Crippen molar-refractivity contribution in [3.8, 4) is 11.4 Å². The number of ether oxygens (including phenoxy) is 1. The van der Waals surface area contributed by atoms with Gasteiger partial charge in [0.1, 0.15) is 5.75 Å². The first-order chi connectivity index (χ1) is 10.7. The van der Waals surface area contributed by atoms with E-state index in [0.29, 0.717) is 24.0 Å². The van der Waals surface area contributed by atoms with Crippen LogP contribution in [0.25, 0.3) is 5.69 Å². The first kappa shape index (κ1) is 15.3. The zero-order chi connectivity index (χ0) is 15.5. The lowest BCUT2D eigenvalue weighted by Gasteiger charge is -2.12. The molecule has 2 aromatic rings. The van der Waals surface area contributed by atoms with E-state index >= 15 is 0 Å². The highest BCUT2D eigenvalue weighted by Gasteiger charge is 2.30. The third-order valence-corrected chi connectivity index (χ3v) is 4.77. The number of nitrogens with zero attached hydrogens (tertiary/aromatic N) is 3. The predicted octanol–water partition coefficient (Wildman–Crippen LogP) is 1.60. The van der Waals surface area contributed by atoms with Gasteiger partial charge in [-0.05, 0) is 30.9 Å². The summed E-state index contributed by atoms with van der Waals surface area (Å²) in [6, 6.07) is 7.69. The van der Waals surface area contributed by atoms with Gasteiger partial charge in [0.15, 0.2) is 11.0 Å². The van der Waals surface area contributed by atoms with E-state index in [1.165, 1.54) is 11.8 Å². The van der Waals surface area contributed by atoms with Crippen molar-refractivity contribution in [1.29, 1.82) is 0 Å². The minimum absolute atomic E-state index is 0.276. The predicted molar refractivity (Wildman–Crippen MR) is 85.3 cm³/mol. The Bertz CT molecular complexity index is 642. The maximum absolute atomic E-state index is 10.0. The van der Waals surface area contributed by atoms with E-state index in [9.17, 15) is 5.11 Å². The Balaban J connectivity index is 1.85. The summed E-state index contributed by atoms with van der Waals surface area (Å²) in [6.07, 6.45) is 1.97. The van der Waals surface area contributed by atoms with Gasteiger partial charge in [0.25, 0.3) is 0 Å². The smallest absolute Gasteiger partial charge is 0.195 e. The summed E-state index contributed by atoms with van der Waals surface area (Å²) < 4.78 is 7.20. The highest BCUT2D eigenvalue weighted by Crippen LogP contribution is 2.35. The van der Waals surface area contributed by atoms with Crippen molar-refractivity contribution >= 4 is 11.8 Å². The van der Waals surface area contributed by atoms with Crippen molar-refractivity contribution in [2.24, 2.45) is 11.7 Å². The minimum Gasteiger partial charge on any atom is -0.497 e. The number of aliphatic hydroxyl groups is 1. The molecule has 22 heavy (non-hydrogen) atoms. The average Bonchev–Trinajstić information content (AvgIpc) is 3.32. The summed E-state index contributed by atoms with van der Waals surface area (Å²) in [5.74, 6) is 2.53. The first-order valence-electron chi connectivity index (χ1n) is 7.32. The lowest BCUT2D eigenvalue weighted by Crippen LogP contribution is -2.13. The van der Waals surface area contributed by atoms with Gasteiger partial charge in [-0.25, -0.2) is 0 Å². The maximum Gasteiger partial charge on any atom is 0.195 e. The van der Waals surface area contributed by atoms with E-state index in [2.05, 4.69) is 10.2 Å². The van der Waals surface area contributed by atoms with Crippen LogP contribution in [0.15, 0.2) is 29.4 Å². The second-order valence-electron chi connectivity index (χ2n) is 5.36.